The molecule has 12 nitrogen and oxygen atoms in total. The molecule has 1 aliphatic heterocycles. The number of carbonyl (C=O) groups is 4. The van der Waals surface area contributed by atoms with Crippen LogP contribution >= 0.6 is 0 Å². The summed E-state index contributed by atoms with van der Waals surface area (Å²) in [7, 11) is 0. The fraction of sp³-hybridized carbons (Fsp3) is 0.556. The van der Waals surface area contributed by atoms with Gasteiger partial charge in [-0.25, -0.2) is 0 Å². The summed E-state index contributed by atoms with van der Waals surface area (Å²) >= 11 is -2.89. The van der Waals surface area contributed by atoms with E-state index in [9.17, 15) is 23.0 Å². The third-order valence-corrected chi connectivity index (χ3v) is 3.94. The molecule has 0 spiro atoms. The van der Waals surface area contributed by atoms with E-state index in [0.29, 0.717) is 3.95 Å². The number of ether oxygens (including phenoxy) is 2. The molecule has 0 aromatic heterocycles. The van der Waals surface area contributed by atoms with Gasteiger partial charge < -0.3 is 0 Å². The molecule has 1 fully saturated rings. The molecule has 0 bridgehead atoms. The Hall–Kier alpha value is -2.09. The number of hydrogen-bond acceptors (Lipinski definition) is 9. The van der Waals surface area contributed by atoms with Crippen molar-refractivity contribution in [3.63, 3.8) is 0 Å². The average Bonchev–Trinajstić information content (AvgIpc) is 2.77. The van der Waals surface area contributed by atoms with Gasteiger partial charge in [-0.3, -0.25) is 0 Å². The van der Waals surface area contributed by atoms with Crippen LogP contribution in [-0.4, -0.2) is 56.8 Å². The van der Waals surface area contributed by atoms with Gasteiger partial charge in [0.15, 0.2) is 0 Å². The van der Waals surface area contributed by atoms with Crippen LogP contribution in [-0.2, 0) is 36.7 Å². The Morgan fingerprint density at radius 2 is 1.50 bits per heavy atom. The molecule has 22 heavy (non-hydrogen) atoms. The van der Waals surface area contributed by atoms with E-state index in [2.05, 4.69) is 9.47 Å². The third-order valence-electron chi connectivity index (χ3n) is 2.15. The van der Waals surface area contributed by atoms with Gasteiger partial charge in [0.05, 0.1) is 0 Å². The zero-order chi connectivity index (χ0) is 16.7. The SMILES string of the molecule is O=C(N[CH](NC(=O)OCO)[Co](=[O])[N]1C(=O)CCC1=O)OCO. The van der Waals surface area contributed by atoms with Crippen molar-refractivity contribution >= 4 is 24.0 Å². The Morgan fingerprint density at radius 1 is 1.09 bits per heavy atom. The summed E-state index contributed by atoms with van der Waals surface area (Å²) in [5.74, 6) is -1.46. The fourth-order valence-electron chi connectivity index (χ4n) is 1.30. The number of aliphatic hydroxyl groups is 2. The van der Waals surface area contributed by atoms with Gasteiger partial charge in [0, 0.05) is 0 Å². The Morgan fingerprint density at radius 3 is 1.86 bits per heavy atom. The van der Waals surface area contributed by atoms with Gasteiger partial charge >= 0.3 is 127 Å². The first kappa shape index (κ1) is 18.0. The summed E-state index contributed by atoms with van der Waals surface area (Å²) in [5.41, 5.74) is 0. The molecule has 0 aromatic rings. The Balaban J connectivity index is 2.85. The molecule has 4 N–H and O–H groups in total. The number of nitrogens with zero attached hydrogens (tertiary/aromatic N) is 1. The molecule has 0 saturated carbocycles. The van der Waals surface area contributed by atoms with Crippen LogP contribution < -0.4 is 10.6 Å². The average molecular weight is 366 g/mol. The maximum atomic E-state index is 12.2. The Bertz CT molecular complexity index is 461. The maximum absolute atomic E-state index is 12.2. The minimum atomic E-state index is -2.89. The molecule has 0 unspecified atom stereocenters. The number of alkyl carbamates (subject to hydrolysis) is 2. The standard InChI is InChI=1S/C5H9N2O6.C4H5NO2.Co.O/c8-2-12-4(10)6-1-7-5(11)13-3-9;6-3-1-2-4(7)5-3;;/h1,8-9H,2-3H2,(H,6,10)(H,7,11);1-2H2,(H,5,6,7);;/q;;+1;/p-1. The molecule has 1 aliphatic rings. The van der Waals surface area contributed by atoms with Crippen molar-refractivity contribution < 1.29 is 56.5 Å². The molecule has 1 rings (SSSR count). The molecule has 127 valence electrons. The van der Waals surface area contributed by atoms with Crippen molar-refractivity contribution in [3.8, 4) is 0 Å². The third kappa shape index (κ3) is 4.73. The predicted molar refractivity (Wildman–Crippen MR) is 59.0 cm³/mol. The molecule has 0 aliphatic carbocycles. The summed E-state index contributed by atoms with van der Waals surface area (Å²) in [6.45, 7) is -1.98. The quantitative estimate of drug-likeness (QED) is 0.297. The van der Waals surface area contributed by atoms with E-state index in [-0.39, 0.29) is 12.8 Å². The van der Waals surface area contributed by atoms with Gasteiger partial charge in [-0.1, -0.05) is 0 Å². The van der Waals surface area contributed by atoms with Crippen molar-refractivity contribution in [2.24, 2.45) is 0 Å². The second-order valence-electron chi connectivity index (χ2n) is 3.52. The summed E-state index contributed by atoms with van der Waals surface area (Å²) in [5, 5.41) is 18.9. The number of nitrogens with one attached hydrogen (secondary N) is 2. The predicted octanol–water partition coefficient (Wildman–Crippen LogP) is -2.35. The Labute approximate surface area is 127 Å². The summed E-state index contributed by atoms with van der Waals surface area (Å²) in [6.07, 6.45) is -2.82. The van der Waals surface area contributed by atoms with Gasteiger partial charge in [0.1, 0.15) is 0 Å². The summed E-state index contributed by atoms with van der Waals surface area (Å²) < 4.78 is 20.9. The van der Waals surface area contributed by atoms with Crippen LogP contribution in [0.3, 0.4) is 0 Å². The van der Waals surface area contributed by atoms with E-state index >= 15 is 0 Å². The van der Waals surface area contributed by atoms with Crippen molar-refractivity contribution in [2.75, 3.05) is 13.6 Å². The molecule has 13 heteroatoms. The molecule has 1 saturated heterocycles. The first-order valence-corrected chi connectivity index (χ1v) is 7.14. The first-order valence-electron chi connectivity index (χ1n) is 5.64. The molecular weight excluding hydrogens is 353 g/mol. The Kier molecular flexibility index (Phi) is 6.83. The van der Waals surface area contributed by atoms with Crippen molar-refractivity contribution in [2.45, 2.75) is 17.9 Å². The van der Waals surface area contributed by atoms with E-state index in [1.54, 1.807) is 0 Å². The molecule has 1 heterocycles. The molecule has 0 atom stereocenters. The topological polar surface area (TPSA) is 172 Å². The van der Waals surface area contributed by atoms with Crippen LogP contribution in [0.25, 0.3) is 0 Å². The summed E-state index contributed by atoms with van der Waals surface area (Å²) in [6, 6.07) is 0. The van der Waals surface area contributed by atoms with Crippen LogP contribution in [0, 0.1) is 0 Å². The number of carbonyl (C=O) groups excluding carboxylic acids is 4. The van der Waals surface area contributed by atoms with E-state index in [4.69, 9.17) is 10.2 Å². The fourth-order valence-corrected chi connectivity index (χ4v) is 2.82. The number of hydrogen-bond donors (Lipinski definition) is 4. The van der Waals surface area contributed by atoms with E-state index in [1.807, 2.05) is 10.6 Å². The van der Waals surface area contributed by atoms with Crippen LogP contribution in [0.1, 0.15) is 12.8 Å². The van der Waals surface area contributed by atoms with Crippen molar-refractivity contribution in [1.29, 1.82) is 0 Å². The zero-order valence-corrected chi connectivity index (χ0v) is 12.0. The monoisotopic (exact) mass is 366 g/mol. The minimum absolute atomic E-state index is 0.145. The van der Waals surface area contributed by atoms with E-state index in [1.165, 1.54) is 0 Å². The van der Waals surface area contributed by atoms with E-state index in [0.717, 1.165) is 0 Å². The van der Waals surface area contributed by atoms with Crippen molar-refractivity contribution in [3.05, 3.63) is 0 Å². The molecule has 0 aromatic carbocycles. The first-order chi connectivity index (χ1) is 10.4. The van der Waals surface area contributed by atoms with Gasteiger partial charge in [-0.15, -0.1) is 0 Å². The van der Waals surface area contributed by atoms with Gasteiger partial charge in [-0.05, 0) is 0 Å². The van der Waals surface area contributed by atoms with Crippen molar-refractivity contribution in [1.82, 2.24) is 14.6 Å². The second-order valence-corrected chi connectivity index (χ2v) is 5.29. The second kappa shape index (κ2) is 8.37. The number of aliphatic hydroxyl groups excluding tert-OH is 2. The van der Waals surface area contributed by atoms with Crippen LogP contribution in [0.2, 0.25) is 0 Å². The van der Waals surface area contributed by atoms with Gasteiger partial charge in [0.2, 0.25) is 0 Å². The molecule has 4 amide bonds. The number of rotatable bonds is 6. The summed E-state index contributed by atoms with van der Waals surface area (Å²) in [4.78, 5) is 45.5. The van der Waals surface area contributed by atoms with Gasteiger partial charge in [0.25, 0.3) is 0 Å². The normalized spacial score (nSPS) is 14.9. The van der Waals surface area contributed by atoms with E-state index < -0.39 is 56.5 Å². The number of imide groups is 1. The van der Waals surface area contributed by atoms with Crippen LogP contribution in [0.15, 0.2) is 0 Å². The zero-order valence-electron chi connectivity index (χ0n) is 10.9. The molecular formula is C9H13CoN3O9. The molecule has 0 radical (unpaired) electrons. The number of amides is 4. The van der Waals surface area contributed by atoms with Gasteiger partial charge in [-0.2, -0.15) is 0 Å². The van der Waals surface area contributed by atoms with Crippen LogP contribution in [0.4, 0.5) is 9.59 Å². The van der Waals surface area contributed by atoms with Crippen LogP contribution in [0.5, 0.6) is 0 Å².